The van der Waals surface area contributed by atoms with E-state index in [-0.39, 0.29) is 36.2 Å². The Hall–Kier alpha value is -3.47. The van der Waals surface area contributed by atoms with Crippen LogP contribution < -0.4 is 14.5 Å². The SMILES string of the molecule is CC(C)N1CCOc2c(F)cc(-c3nc(Cc4ccc(N5CCC(N(C)C)CC5)c(F)c4)ncc3C(F)(F)F)cc21. The van der Waals surface area contributed by atoms with Gasteiger partial charge in [0, 0.05) is 43.4 Å². The fourth-order valence-corrected chi connectivity index (χ4v) is 5.63. The number of piperidine rings is 1. The molecule has 0 N–H and O–H groups in total. The minimum absolute atomic E-state index is 0.0121. The molecule has 6 nitrogen and oxygen atoms in total. The summed E-state index contributed by atoms with van der Waals surface area (Å²) in [5.41, 5.74) is -0.133. The van der Waals surface area contributed by atoms with Crippen LogP contribution >= 0.6 is 0 Å². The Morgan fingerprint density at radius 3 is 2.37 bits per heavy atom. The Kier molecular flexibility index (Phi) is 8.09. The molecule has 0 spiro atoms. The van der Waals surface area contributed by atoms with E-state index in [1.165, 1.54) is 12.1 Å². The van der Waals surface area contributed by atoms with Crippen LogP contribution in [0.25, 0.3) is 11.3 Å². The Balaban J connectivity index is 1.45. The molecule has 2 aromatic carbocycles. The molecule has 0 atom stereocenters. The molecule has 0 bridgehead atoms. The zero-order valence-electron chi connectivity index (χ0n) is 23.6. The molecule has 11 heteroatoms. The van der Waals surface area contributed by atoms with Crippen molar-refractivity contribution >= 4 is 11.4 Å². The van der Waals surface area contributed by atoms with Gasteiger partial charge < -0.3 is 19.4 Å². The topological polar surface area (TPSA) is 44.7 Å². The zero-order valence-corrected chi connectivity index (χ0v) is 23.6. The van der Waals surface area contributed by atoms with E-state index in [1.807, 2.05) is 37.7 Å². The predicted octanol–water partition coefficient (Wildman–Crippen LogP) is 6.17. The maximum absolute atomic E-state index is 15.2. The number of benzene rings is 2. The normalized spacial score (nSPS) is 16.4. The maximum Gasteiger partial charge on any atom is 0.419 e. The van der Waals surface area contributed by atoms with E-state index in [1.54, 1.807) is 12.1 Å². The third kappa shape index (κ3) is 6.10. The molecular weight excluding hydrogens is 541 g/mol. The van der Waals surface area contributed by atoms with E-state index >= 15 is 8.78 Å². The average Bonchev–Trinajstić information content (AvgIpc) is 2.92. The van der Waals surface area contributed by atoms with E-state index in [2.05, 4.69) is 14.9 Å². The van der Waals surface area contributed by atoms with E-state index in [0.717, 1.165) is 32.0 Å². The molecule has 1 fully saturated rings. The molecule has 3 aromatic rings. The molecule has 1 aromatic heterocycles. The van der Waals surface area contributed by atoms with Crippen LogP contribution in [-0.4, -0.2) is 67.3 Å². The van der Waals surface area contributed by atoms with Gasteiger partial charge in [0.05, 0.1) is 23.6 Å². The highest BCUT2D eigenvalue weighted by molar-refractivity contribution is 5.74. The first-order valence-electron chi connectivity index (χ1n) is 13.8. The van der Waals surface area contributed by atoms with Crippen LogP contribution in [-0.2, 0) is 12.6 Å². The summed E-state index contributed by atoms with van der Waals surface area (Å²) in [7, 11) is 4.09. The fourth-order valence-electron chi connectivity index (χ4n) is 5.63. The predicted molar refractivity (Wildman–Crippen MR) is 149 cm³/mol. The highest BCUT2D eigenvalue weighted by Gasteiger charge is 2.36. The first-order chi connectivity index (χ1) is 19.4. The van der Waals surface area contributed by atoms with Crippen LogP contribution in [0.2, 0.25) is 0 Å². The first kappa shape index (κ1) is 29.0. The lowest BCUT2D eigenvalue weighted by atomic mass is 10.0. The molecule has 0 aliphatic carbocycles. The largest absolute Gasteiger partial charge is 0.486 e. The summed E-state index contributed by atoms with van der Waals surface area (Å²) >= 11 is 0. The third-order valence-corrected chi connectivity index (χ3v) is 7.86. The van der Waals surface area contributed by atoms with Gasteiger partial charge in [-0.05, 0) is 70.6 Å². The molecule has 0 amide bonds. The summed E-state index contributed by atoms with van der Waals surface area (Å²) in [5, 5.41) is 0. The van der Waals surface area contributed by atoms with Crippen LogP contribution in [0.4, 0.5) is 33.3 Å². The van der Waals surface area contributed by atoms with Crippen molar-refractivity contribution in [2.75, 3.05) is 50.1 Å². The number of fused-ring (bicyclic) bond motifs is 1. The van der Waals surface area contributed by atoms with Crippen molar-refractivity contribution in [3.05, 3.63) is 65.1 Å². The van der Waals surface area contributed by atoms with Gasteiger partial charge in [0.1, 0.15) is 23.8 Å². The van der Waals surface area contributed by atoms with Crippen LogP contribution in [0.3, 0.4) is 0 Å². The van der Waals surface area contributed by atoms with Gasteiger partial charge in [-0.2, -0.15) is 13.2 Å². The summed E-state index contributed by atoms with van der Waals surface area (Å²) in [5.74, 6) is -1.08. The minimum atomic E-state index is -4.76. The van der Waals surface area contributed by atoms with Crippen LogP contribution in [0, 0.1) is 11.6 Å². The number of nitrogens with zero attached hydrogens (tertiary/aromatic N) is 5. The van der Waals surface area contributed by atoms with Crippen molar-refractivity contribution in [2.45, 2.75) is 51.4 Å². The molecule has 0 unspecified atom stereocenters. The standard InChI is InChI=1S/C30H34F5N5O/c1-18(2)40-11-12-41-29-24(32)15-20(16-26(29)40)28-22(30(33,34)35)17-36-27(37-28)14-19-5-6-25(23(31)13-19)39-9-7-21(8-10-39)38(3)4/h5-6,13,15-18,21H,7-12,14H2,1-4H3. The van der Waals surface area contributed by atoms with Crippen molar-refractivity contribution in [3.63, 3.8) is 0 Å². The summed E-state index contributed by atoms with van der Waals surface area (Å²) in [6.45, 7) is 6.06. The van der Waals surface area contributed by atoms with E-state index in [0.29, 0.717) is 35.7 Å². The molecule has 3 heterocycles. The quantitative estimate of drug-likeness (QED) is 0.328. The number of anilines is 2. The second-order valence-corrected chi connectivity index (χ2v) is 11.1. The average molecular weight is 576 g/mol. The second-order valence-electron chi connectivity index (χ2n) is 11.1. The molecule has 2 aliphatic heterocycles. The molecule has 0 radical (unpaired) electrons. The fraction of sp³-hybridized carbons (Fsp3) is 0.467. The lowest BCUT2D eigenvalue weighted by molar-refractivity contribution is -0.137. The van der Waals surface area contributed by atoms with Gasteiger partial charge in [0.15, 0.2) is 11.6 Å². The summed E-state index contributed by atoms with van der Waals surface area (Å²) in [6.07, 6.45) is -2.17. The van der Waals surface area contributed by atoms with Gasteiger partial charge in [0.2, 0.25) is 0 Å². The first-order valence-corrected chi connectivity index (χ1v) is 13.8. The Bertz CT molecular complexity index is 1400. The highest BCUT2D eigenvalue weighted by Crippen LogP contribution is 2.42. The van der Waals surface area contributed by atoms with Crippen LogP contribution in [0.5, 0.6) is 5.75 Å². The van der Waals surface area contributed by atoms with Gasteiger partial charge in [-0.3, -0.25) is 0 Å². The number of aromatic nitrogens is 2. The van der Waals surface area contributed by atoms with Crippen molar-refractivity contribution in [1.29, 1.82) is 0 Å². The van der Waals surface area contributed by atoms with Gasteiger partial charge in [-0.25, -0.2) is 18.7 Å². The van der Waals surface area contributed by atoms with E-state index in [9.17, 15) is 13.2 Å². The molecular formula is C30H34F5N5O. The number of rotatable bonds is 6. The number of hydrogen-bond donors (Lipinski definition) is 0. The Morgan fingerprint density at radius 1 is 1.00 bits per heavy atom. The van der Waals surface area contributed by atoms with Crippen LogP contribution in [0.1, 0.15) is 43.6 Å². The molecule has 1 saturated heterocycles. The van der Waals surface area contributed by atoms with Crippen molar-refractivity contribution in [1.82, 2.24) is 14.9 Å². The second kappa shape index (κ2) is 11.4. The van der Waals surface area contributed by atoms with Crippen molar-refractivity contribution in [2.24, 2.45) is 0 Å². The number of alkyl halides is 3. The monoisotopic (exact) mass is 575 g/mol. The third-order valence-electron chi connectivity index (χ3n) is 7.86. The lowest BCUT2D eigenvalue weighted by Gasteiger charge is -2.36. The van der Waals surface area contributed by atoms with Gasteiger partial charge in [-0.15, -0.1) is 0 Å². The van der Waals surface area contributed by atoms with Crippen molar-refractivity contribution < 1.29 is 26.7 Å². The Labute approximate surface area is 236 Å². The maximum atomic E-state index is 15.2. The Morgan fingerprint density at radius 2 is 1.73 bits per heavy atom. The van der Waals surface area contributed by atoms with Gasteiger partial charge >= 0.3 is 6.18 Å². The smallest absolute Gasteiger partial charge is 0.419 e. The van der Waals surface area contributed by atoms with Crippen LogP contribution in [0.15, 0.2) is 36.5 Å². The van der Waals surface area contributed by atoms with Gasteiger partial charge in [-0.1, -0.05) is 6.07 Å². The van der Waals surface area contributed by atoms with E-state index < -0.39 is 29.1 Å². The summed E-state index contributed by atoms with van der Waals surface area (Å²) in [4.78, 5) is 14.3. The molecule has 220 valence electrons. The number of ether oxygens (including phenoxy) is 1. The minimum Gasteiger partial charge on any atom is -0.486 e. The van der Waals surface area contributed by atoms with Gasteiger partial charge in [0.25, 0.3) is 0 Å². The summed E-state index contributed by atoms with van der Waals surface area (Å²) < 4.78 is 77.8. The molecule has 5 rings (SSSR count). The molecule has 41 heavy (non-hydrogen) atoms. The number of hydrogen-bond acceptors (Lipinski definition) is 6. The molecule has 0 saturated carbocycles. The van der Waals surface area contributed by atoms with Crippen molar-refractivity contribution in [3.8, 4) is 17.0 Å². The zero-order chi connectivity index (χ0) is 29.5. The number of halogens is 5. The highest BCUT2D eigenvalue weighted by atomic mass is 19.4. The molecule has 2 aliphatic rings. The summed E-state index contributed by atoms with van der Waals surface area (Å²) in [6, 6.07) is 7.75. The van der Waals surface area contributed by atoms with E-state index in [4.69, 9.17) is 4.74 Å². The lowest BCUT2D eigenvalue weighted by Crippen LogP contribution is -2.42.